The lowest BCUT2D eigenvalue weighted by Gasteiger charge is -1.98. The summed E-state index contributed by atoms with van der Waals surface area (Å²) in [4.78, 5) is 29.5. The number of para-hydroxylation sites is 1. The largest absolute Gasteiger partial charge is 0.349 e. The molecule has 0 aromatic heterocycles. The highest BCUT2D eigenvalue weighted by Gasteiger charge is 2.27. The number of nitro benzene ring substituents is 2. The molecule has 77 valence electrons. The fourth-order valence-electron chi connectivity index (χ4n) is 1.16. The Labute approximate surface area is 83.6 Å². The lowest BCUT2D eigenvalue weighted by atomic mass is 10.1. The number of carbonyl (C=O) groups excluding carboxylic acids is 1. The smallest absolute Gasteiger partial charge is 0.291 e. The van der Waals surface area contributed by atoms with E-state index in [9.17, 15) is 25.0 Å². The average Bonchev–Trinajstić information content (AvgIpc) is 2.17. The molecular formula is C8H5N2O5. The molecule has 0 atom stereocenters. The molecule has 15 heavy (non-hydrogen) atoms. The Balaban J connectivity index is 3.40. The molecule has 7 nitrogen and oxygen atoms in total. The topological polar surface area (TPSA) is 103 Å². The first-order valence-electron chi connectivity index (χ1n) is 3.83. The van der Waals surface area contributed by atoms with Gasteiger partial charge >= 0.3 is 11.4 Å². The van der Waals surface area contributed by atoms with E-state index >= 15 is 0 Å². The predicted octanol–water partition coefficient (Wildman–Crippen LogP) is 1.16. The summed E-state index contributed by atoms with van der Waals surface area (Å²) in [6.07, 6.45) is 1.13. The van der Waals surface area contributed by atoms with Crippen molar-refractivity contribution in [2.45, 2.75) is 6.42 Å². The Kier molecular flexibility index (Phi) is 3.06. The third-order valence-corrected chi connectivity index (χ3v) is 1.74. The van der Waals surface area contributed by atoms with E-state index in [1.807, 2.05) is 0 Å². The van der Waals surface area contributed by atoms with Gasteiger partial charge in [0.25, 0.3) is 0 Å². The fraction of sp³-hybridized carbons (Fsp3) is 0.125. The molecule has 1 aromatic rings. The van der Waals surface area contributed by atoms with Crippen molar-refractivity contribution < 1.29 is 14.6 Å². The van der Waals surface area contributed by atoms with Gasteiger partial charge in [-0.05, 0) is 0 Å². The summed E-state index contributed by atoms with van der Waals surface area (Å²) in [5.74, 6) is 0. The van der Waals surface area contributed by atoms with Gasteiger partial charge in [0.05, 0.1) is 9.85 Å². The van der Waals surface area contributed by atoms with Crippen LogP contribution in [0.25, 0.3) is 0 Å². The summed E-state index contributed by atoms with van der Waals surface area (Å²) in [5.41, 5.74) is -1.28. The number of nitro groups is 2. The summed E-state index contributed by atoms with van der Waals surface area (Å²) in [6, 6.07) is 3.60. The van der Waals surface area contributed by atoms with Crippen molar-refractivity contribution in [1.82, 2.24) is 0 Å². The molecule has 0 amide bonds. The minimum absolute atomic E-state index is 0.01000. The zero-order valence-electron chi connectivity index (χ0n) is 7.37. The van der Waals surface area contributed by atoms with Crippen molar-refractivity contribution in [1.29, 1.82) is 0 Å². The monoisotopic (exact) mass is 209 g/mol. The lowest BCUT2D eigenvalue weighted by Crippen LogP contribution is -2.01. The minimum atomic E-state index is -0.870. The Morgan fingerprint density at radius 3 is 2.33 bits per heavy atom. The maximum Gasteiger partial charge on any atom is 0.349 e. The van der Waals surface area contributed by atoms with E-state index in [1.165, 1.54) is 18.4 Å². The normalized spacial score (nSPS) is 9.60. The molecule has 0 N–H and O–H groups in total. The van der Waals surface area contributed by atoms with Crippen LogP contribution in [0.5, 0.6) is 0 Å². The van der Waals surface area contributed by atoms with Crippen molar-refractivity contribution in [3.8, 4) is 0 Å². The van der Waals surface area contributed by atoms with Crippen LogP contribution in [0, 0.1) is 20.2 Å². The van der Waals surface area contributed by atoms with Gasteiger partial charge in [0.1, 0.15) is 0 Å². The summed E-state index contributed by atoms with van der Waals surface area (Å²) in [5, 5.41) is 21.1. The third kappa shape index (κ3) is 2.13. The summed E-state index contributed by atoms with van der Waals surface area (Å²) in [6.45, 7) is 0. The van der Waals surface area contributed by atoms with Crippen LogP contribution >= 0.6 is 0 Å². The van der Waals surface area contributed by atoms with Crippen molar-refractivity contribution >= 4 is 17.7 Å². The fourth-order valence-corrected chi connectivity index (χ4v) is 1.16. The van der Waals surface area contributed by atoms with Crippen LogP contribution in [-0.4, -0.2) is 16.1 Å². The summed E-state index contributed by atoms with van der Waals surface area (Å²) >= 11 is 0. The molecule has 0 saturated heterocycles. The molecule has 0 bridgehead atoms. The molecule has 0 aliphatic carbocycles. The zero-order chi connectivity index (χ0) is 11.4. The van der Waals surface area contributed by atoms with Gasteiger partial charge in [-0.2, -0.15) is 0 Å². The van der Waals surface area contributed by atoms with Gasteiger partial charge in [0.2, 0.25) is 6.29 Å². The van der Waals surface area contributed by atoms with E-state index in [0.717, 1.165) is 6.07 Å². The van der Waals surface area contributed by atoms with Crippen LogP contribution in [0.2, 0.25) is 0 Å². The molecule has 0 spiro atoms. The second-order valence-corrected chi connectivity index (χ2v) is 2.62. The van der Waals surface area contributed by atoms with E-state index in [0.29, 0.717) is 0 Å². The highest BCUT2D eigenvalue weighted by molar-refractivity contribution is 5.65. The predicted molar refractivity (Wildman–Crippen MR) is 49.1 cm³/mol. The van der Waals surface area contributed by atoms with Crippen LogP contribution in [0.3, 0.4) is 0 Å². The van der Waals surface area contributed by atoms with Crippen LogP contribution < -0.4 is 0 Å². The van der Waals surface area contributed by atoms with Crippen molar-refractivity contribution in [2.24, 2.45) is 0 Å². The highest BCUT2D eigenvalue weighted by Crippen LogP contribution is 2.30. The standard InChI is InChI=1S/C8H5N2O5/c11-5-4-6-2-1-3-7(9(12)13)8(6)10(14)15/h1-3H,4H2. The molecule has 0 heterocycles. The number of hydrogen-bond acceptors (Lipinski definition) is 5. The first-order chi connectivity index (χ1) is 7.07. The van der Waals surface area contributed by atoms with Crippen LogP contribution in [0.4, 0.5) is 11.4 Å². The second kappa shape index (κ2) is 4.27. The van der Waals surface area contributed by atoms with Crippen LogP contribution in [0.15, 0.2) is 18.2 Å². The molecule has 0 fully saturated rings. The first-order valence-corrected chi connectivity index (χ1v) is 3.83. The lowest BCUT2D eigenvalue weighted by molar-refractivity contribution is -0.422. The minimum Gasteiger partial charge on any atom is -0.291 e. The first kappa shape index (κ1) is 10.8. The van der Waals surface area contributed by atoms with E-state index in [1.54, 1.807) is 0 Å². The van der Waals surface area contributed by atoms with Gasteiger partial charge in [0, 0.05) is 18.1 Å². The summed E-state index contributed by atoms with van der Waals surface area (Å²) < 4.78 is 0. The maximum absolute atomic E-state index is 10.6. The van der Waals surface area contributed by atoms with Gasteiger partial charge in [-0.1, -0.05) is 12.1 Å². The van der Waals surface area contributed by atoms with E-state index in [2.05, 4.69) is 0 Å². The van der Waals surface area contributed by atoms with E-state index < -0.39 is 21.2 Å². The Morgan fingerprint density at radius 2 is 1.87 bits per heavy atom. The average molecular weight is 209 g/mol. The zero-order valence-corrected chi connectivity index (χ0v) is 7.37. The van der Waals surface area contributed by atoms with Crippen LogP contribution in [-0.2, 0) is 11.2 Å². The van der Waals surface area contributed by atoms with Gasteiger partial charge < -0.3 is 0 Å². The van der Waals surface area contributed by atoms with E-state index in [4.69, 9.17) is 0 Å². The summed E-state index contributed by atoms with van der Waals surface area (Å²) in [7, 11) is 0. The molecule has 0 aliphatic rings. The van der Waals surface area contributed by atoms with Gasteiger partial charge in [-0.25, -0.2) is 0 Å². The highest BCUT2D eigenvalue weighted by atomic mass is 16.6. The van der Waals surface area contributed by atoms with Gasteiger partial charge in [0.15, 0.2) is 0 Å². The van der Waals surface area contributed by atoms with Crippen molar-refractivity contribution in [2.75, 3.05) is 0 Å². The molecule has 0 unspecified atom stereocenters. The molecule has 1 radical (unpaired) electrons. The number of benzene rings is 1. The maximum atomic E-state index is 10.6. The third-order valence-electron chi connectivity index (χ3n) is 1.74. The Morgan fingerprint density at radius 1 is 1.20 bits per heavy atom. The molecule has 1 aromatic carbocycles. The Bertz CT molecular complexity index is 429. The SMILES string of the molecule is O=[C]Cc1cccc([N+](=O)[O-])c1[N+](=O)[O-]. The quantitative estimate of drug-likeness (QED) is 0.546. The number of nitrogens with zero attached hydrogens (tertiary/aromatic N) is 2. The number of hydrogen-bond donors (Lipinski definition) is 0. The van der Waals surface area contributed by atoms with Gasteiger partial charge in [-0.15, -0.1) is 0 Å². The van der Waals surface area contributed by atoms with Crippen molar-refractivity contribution in [3.63, 3.8) is 0 Å². The van der Waals surface area contributed by atoms with Crippen molar-refractivity contribution in [3.05, 3.63) is 44.0 Å². The van der Waals surface area contributed by atoms with Crippen LogP contribution in [0.1, 0.15) is 5.56 Å². The van der Waals surface area contributed by atoms with E-state index in [-0.39, 0.29) is 12.0 Å². The van der Waals surface area contributed by atoms with Gasteiger partial charge in [-0.3, -0.25) is 25.0 Å². The molecule has 1 rings (SSSR count). The Hall–Kier alpha value is -2.31. The number of rotatable bonds is 4. The molecule has 7 heteroatoms. The second-order valence-electron chi connectivity index (χ2n) is 2.62. The molecular weight excluding hydrogens is 204 g/mol. The molecule has 0 aliphatic heterocycles. The molecule has 0 saturated carbocycles.